The molecule has 2 heterocycles. The van der Waals surface area contributed by atoms with Crippen molar-refractivity contribution in [3.8, 4) is 0 Å². The van der Waals surface area contributed by atoms with Gasteiger partial charge >= 0.3 is 0 Å². The van der Waals surface area contributed by atoms with Crippen LogP contribution in [0.1, 0.15) is 32.5 Å². The fraction of sp³-hybridized carbons (Fsp3) is 0.846. The van der Waals surface area contributed by atoms with E-state index >= 15 is 0 Å². The third kappa shape index (κ3) is 2.42. The Bertz CT molecular complexity index is 390. The van der Waals surface area contributed by atoms with Crippen molar-refractivity contribution in [2.75, 3.05) is 19.6 Å². The number of nitrogens with one attached hydrogen (secondary N) is 1. The lowest BCUT2D eigenvalue weighted by Gasteiger charge is -2.45. The summed E-state index contributed by atoms with van der Waals surface area (Å²) in [6.45, 7) is 7.90. The molecule has 3 rings (SSSR count). The van der Waals surface area contributed by atoms with Crippen LogP contribution in [0.15, 0.2) is 10.9 Å². The molecule has 1 aromatic rings. The molecular weight excluding hydrogens is 228 g/mol. The monoisotopic (exact) mass is 250 g/mol. The molecule has 18 heavy (non-hydrogen) atoms. The Kier molecular flexibility index (Phi) is 3.11. The number of nitrogens with zero attached hydrogens (tertiary/aromatic N) is 3. The summed E-state index contributed by atoms with van der Waals surface area (Å²) in [7, 11) is 0. The fourth-order valence-corrected chi connectivity index (χ4v) is 2.98. The number of piperazine rings is 1. The molecule has 1 aromatic heterocycles. The number of hydrogen-bond donors (Lipinski definition) is 1. The molecule has 1 saturated carbocycles. The van der Waals surface area contributed by atoms with E-state index < -0.39 is 0 Å². The van der Waals surface area contributed by atoms with Gasteiger partial charge in [-0.1, -0.05) is 5.16 Å². The summed E-state index contributed by atoms with van der Waals surface area (Å²) in [5.74, 6) is 1.69. The molecule has 2 atom stereocenters. The number of aromatic nitrogens is 2. The largest absolute Gasteiger partial charge is 0.343 e. The summed E-state index contributed by atoms with van der Waals surface area (Å²) >= 11 is 0. The lowest BCUT2D eigenvalue weighted by Crippen LogP contribution is -2.63. The maximum atomic E-state index is 4.78. The predicted molar refractivity (Wildman–Crippen MR) is 68.2 cm³/mol. The molecule has 2 aliphatic rings. The van der Waals surface area contributed by atoms with Crippen molar-refractivity contribution in [2.45, 2.75) is 44.7 Å². The second-order valence-corrected chi connectivity index (χ2v) is 5.99. The van der Waals surface area contributed by atoms with Gasteiger partial charge in [0.2, 0.25) is 6.39 Å². The fourth-order valence-electron chi connectivity index (χ4n) is 2.98. The van der Waals surface area contributed by atoms with Gasteiger partial charge in [0.25, 0.3) is 0 Å². The van der Waals surface area contributed by atoms with E-state index in [9.17, 15) is 0 Å². The van der Waals surface area contributed by atoms with Gasteiger partial charge < -0.3 is 9.84 Å². The zero-order chi connectivity index (χ0) is 12.6. The van der Waals surface area contributed by atoms with Crippen LogP contribution in [0.2, 0.25) is 0 Å². The van der Waals surface area contributed by atoms with Crippen LogP contribution in [-0.4, -0.2) is 46.3 Å². The highest BCUT2D eigenvalue weighted by molar-refractivity contribution is 5.03. The van der Waals surface area contributed by atoms with Crippen LogP contribution in [0.3, 0.4) is 0 Å². The number of rotatable bonds is 4. The molecule has 2 fully saturated rings. The molecule has 1 saturated heterocycles. The van der Waals surface area contributed by atoms with Crippen molar-refractivity contribution >= 4 is 0 Å². The Morgan fingerprint density at radius 2 is 2.39 bits per heavy atom. The van der Waals surface area contributed by atoms with Gasteiger partial charge in [0, 0.05) is 37.6 Å². The van der Waals surface area contributed by atoms with E-state index in [0.717, 1.165) is 37.8 Å². The molecule has 1 aliphatic carbocycles. The van der Waals surface area contributed by atoms with E-state index in [-0.39, 0.29) is 0 Å². The molecule has 0 aromatic carbocycles. The van der Waals surface area contributed by atoms with Crippen LogP contribution in [0.25, 0.3) is 0 Å². The third-order valence-corrected chi connectivity index (χ3v) is 4.46. The van der Waals surface area contributed by atoms with Crippen LogP contribution in [0, 0.1) is 5.92 Å². The third-order valence-electron chi connectivity index (χ3n) is 4.46. The van der Waals surface area contributed by atoms with Crippen molar-refractivity contribution in [3.05, 3.63) is 12.2 Å². The van der Waals surface area contributed by atoms with Gasteiger partial charge in [0.1, 0.15) is 0 Å². The Morgan fingerprint density at radius 3 is 3.06 bits per heavy atom. The van der Waals surface area contributed by atoms with Crippen molar-refractivity contribution in [3.63, 3.8) is 0 Å². The molecule has 0 radical (unpaired) electrons. The highest BCUT2D eigenvalue weighted by atomic mass is 16.5. The molecule has 5 nitrogen and oxygen atoms in total. The first kappa shape index (κ1) is 12.1. The van der Waals surface area contributed by atoms with Gasteiger partial charge in [-0.3, -0.25) is 4.90 Å². The quantitative estimate of drug-likeness (QED) is 0.866. The Balaban J connectivity index is 1.59. The van der Waals surface area contributed by atoms with Crippen molar-refractivity contribution in [1.29, 1.82) is 0 Å². The van der Waals surface area contributed by atoms with Gasteiger partial charge in [-0.25, -0.2) is 0 Å². The first-order valence-electron chi connectivity index (χ1n) is 6.92. The molecule has 100 valence electrons. The van der Waals surface area contributed by atoms with Gasteiger partial charge in [-0.05, 0) is 32.6 Å². The highest BCUT2D eigenvalue weighted by Crippen LogP contribution is 2.41. The van der Waals surface area contributed by atoms with Crippen molar-refractivity contribution in [1.82, 2.24) is 20.4 Å². The minimum Gasteiger partial charge on any atom is -0.343 e. The van der Waals surface area contributed by atoms with Crippen LogP contribution >= 0.6 is 0 Å². The average molecular weight is 250 g/mol. The predicted octanol–water partition coefficient (Wildman–Crippen LogP) is 1.07. The normalized spacial score (nSPS) is 33.8. The van der Waals surface area contributed by atoms with E-state index in [1.54, 1.807) is 0 Å². The van der Waals surface area contributed by atoms with Crippen LogP contribution in [0.5, 0.6) is 0 Å². The maximum absolute atomic E-state index is 4.78. The van der Waals surface area contributed by atoms with E-state index in [2.05, 4.69) is 34.2 Å². The smallest absolute Gasteiger partial charge is 0.213 e. The van der Waals surface area contributed by atoms with Gasteiger partial charge in [0.15, 0.2) is 5.82 Å². The summed E-state index contributed by atoms with van der Waals surface area (Å²) in [5.41, 5.74) is 0.309. The Morgan fingerprint density at radius 1 is 1.56 bits per heavy atom. The Labute approximate surface area is 108 Å². The van der Waals surface area contributed by atoms with Crippen LogP contribution in [0.4, 0.5) is 0 Å². The first-order valence-corrected chi connectivity index (χ1v) is 6.92. The zero-order valence-electron chi connectivity index (χ0n) is 11.2. The zero-order valence-corrected chi connectivity index (χ0v) is 11.2. The van der Waals surface area contributed by atoms with Gasteiger partial charge in [-0.2, -0.15) is 4.98 Å². The average Bonchev–Trinajstić information content (AvgIpc) is 3.10. The van der Waals surface area contributed by atoms with Crippen LogP contribution in [-0.2, 0) is 6.42 Å². The van der Waals surface area contributed by atoms with E-state index in [1.165, 1.54) is 19.2 Å². The summed E-state index contributed by atoms with van der Waals surface area (Å²) in [6.07, 6.45) is 5.06. The molecule has 1 aliphatic heterocycles. The summed E-state index contributed by atoms with van der Waals surface area (Å²) in [4.78, 5) is 6.65. The van der Waals surface area contributed by atoms with E-state index in [0.29, 0.717) is 11.6 Å². The molecular formula is C13H22N4O. The van der Waals surface area contributed by atoms with E-state index in [1.807, 2.05) is 0 Å². The second kappa shape index (κ2) is 4.63. The minimum atomic E-state index is 0.309. The molecule has 5 heteroatoms. The molecule has 0 spiro atoms. The van der Waals surface area contributed by atoms with Crippen molar-refractivity contribution < 1.29 is 4.52 Å². The second-order valence-electron chi connectivity index (χ2n) is 5.99. The molecule has 0 amide bonds. The topological polar surface area (TPSA) is 54.2 Å². The van der Waals surface area contributed by atoms with E-state index in [4.69, 9.17) is 4.52 Å². The maximum Gasteiger partial charge on any atom is 0.213 e. The van der Waals surface area contributed by atoms with Gasteiger partial charge in [-0.15, -0.1) is 0 Å². The molecule has 2 unspecified atom stereocenters. The highest BCUT2D eigenvalue weighted by Gasteiger charge is 2.45. The summed E-state index contributed by atoms with van der Waals surface area (Å²) in [6, 6.07) is 0.587. The lowest BCUT2D eigenvalue weighted by molar-refractivity contribution is 0.0838. The summed E-state index contributed by atoms with van der Waals surface area (Å²) in [5, 5.41) is 7.62. The SMILES string of the molecule is CC1CNC(C)(C2CC2)CN1CCc1ncon1. The molecule has 0 bridgehead atoms. The molecule has 1 N–H and O–H groups in total. The number of hydrogen-bond acceptors (Lipinski definition) is 5. The van der Waals surface area contributed by atoms with Crippen LogP contribution < -0.4 is 5.32 Å². The first-order chi connectivity index (χ1) is 8.67. The van der Waals surface area contributed by atoms with Gasteiger partial charge in [0.05, 0.1) is 0 Å². The Hall–Kier alpha value is -0.940. The van der Waals surface area contributed by atoms with Crippen molar-refractivity contribution in [2.24, 2.45) is 5.92 Å². The standard InChI is InChI=1S/C13H22N4O/c1-10-7-15-13(2,11-3-4-11)8-17(10)6-5-12-14-9-18-16-12/h9-11,15H,3-8H2,1-2H3. The minimum absolute atomic E-state index is 0.309. The lowest BCUT2D eigenvalue weighted by atomic mass is 9.91. The summed E-state index contributed by atoms with van der Waals surface area (Å²) < 4.78 is 4.78.